The Labute approximate surface area is 116 Å². The van der Waals surface area contributed by atoms with Crippen LogP contribution in [-0.4, -0.2) is 24.5 Å². The number of nitrogens with zero attached hydrogens (tertiary/aromatic N) is 1. The second-order valence-electron chi connectivity index (χ2n) is 6.15. The van der Waals surface area contributed by atoms with Crippen LogP contribution in [0.1, 0.15) is 85.5 Å². The molecule has 0 heterocycles. The predicted molar refractivity (Wildman–Crippen MR) is 84.2 cm³/mol. The largest absolute Gasteiger partial charge is 0.303 e. The van der Waals surface area contributed by atoms with Gasteiger partial charge in [-0.25, -0.2) is 0 Å². The van der Waals surface area contributed by atoms with Crippen LogP contribution in [0.4, 0.5) is 0 Å². The maximum absolute atomic E-state index is 2.67. The number of unbranched alkanes of at least 4 members (excludes halogenated alkanes) is 6. The molecule has 0 unspecified atom stereocenters. The third-order valence-corrected chi connectivity index (χ3v) is 3.64. The highest BCUT2D eigenvalue weighted by atomic mass is 15.1. The van der Waals surface area contributed by atoms with Gasteiger partial charge in [0.25, 0.3) is 0 Å². The smallest absolute Gasteiger partial charge is 0.00163 e. The number of hydrogen-bond acceptors (Lipinski definition) is 1. The van der Waals surface area contributed by atoms with E-state index in [1.807, 2.05) is 0 Å². The van der Waals surface area contributed by atoms with Gasteiger partial charge in [0.2, 0.25) is 0 Å². The van der Waals surface area contributed by atoms with Crippen molar-refractivity contribution in [3.63, 3.8) is 0 Å². The first-order chi connectivity index (χ1) is 8.70. The highest BCUT2D eigenvalue weighted by Crippen LogP contribution is 2.09. The van der Waals surface area contributed by atoms with Gasteiger partial charge in [0.15, 0.2) is 0 Å². The molecule has 0 saturated heterocycles. The molecule has 18 heavy (non-hydrogen) atoms. The average molecular weight is 255 g/mol. The molecule has 0 atom stereocenters. The minimum atomic E-state index is 0.846. The van der Waals surface area contributed by atoms with Crippen molar-refractivity contribution in [2.75, 3.05) is 19.6 Å². The van der Waals surface area contributed by atoms with E-state index in [1.54, 1.807) is 0 Å². The van der Waals surface area contributed by atoms with E-state index in [-0.39, 0.29) is 0 Å². The van der Waals surface area contributed by atoms with Crippen molar-refractivity contribution in [3.05, 3.63) is 0 Å². The Hall–Kier alpha value is -0.0400. The van der Waals surface area contributed by atoms with Gasteiger partial charge in [-0.1, -0.05) is 66.2 Å². The lowest BCUT2D eigenvalue weighted by molar-refractivity contribution is 0.252. The zero-order chi connectivity index (χ0) is 13.6. The summed E-state index contributed by atoms with van der Waals surface area (Å²) in [7, 11) is 0. The summed E-state index contributed by atoms with van der Waals surface area (Å²) in [4.78, 5) is 2.67. The molecule has 0 rings (SSSR count). The second-order valence-corrected chi connectivity index (χ2v) is 6.15. The maximum atomic E-state index is 2.67. The van der Waals surface area contributed by atoms with E-state index in [1.165, 1.54) is 77.4 Å². The maximum Gasteiger partial charge on any atom is -0.00163 e. The lowest BCUT2D eigenvalue weighted by Crippen LogP contribution is -2.27. The van der Waals surface area contributed by atoms with Crippen molar-refractivity contribution in [3.8, 4) is 0 Å². The Morgan fingerprint density at radius 2 is 1.28 bits per heavy atom. The van der Waals surface area contributed by atoms with Crippen LogP contribution in [0.3, 0.4) is 0 Å². The number of hydrogen-bond donors (Lipinski definition) is 0. The highest BCUT2D eigenvalue weighted by molar-refractivity contribution is 4.59. The summed E-state index contributed by atoms with van der Waals surface area (Å²) in [6, 6.07) is 0. The summed E-state index contributed by atoms with van der Waals surface area (Å²) >= 11 is 0. The Bertz CT molecular complexity index is 154. The zero-order valence-electron chi connectivity index (χ0n) is 13.5. The minimum Gasteiger partial charge on any atom is -0.303 e. The van der Waals surface area contributed by atoms with Gasteiger partial charge in [-0.15, -0.1) is 0 Å². The molecule has 0 aliphatic rings. The van der Waals surface area contributed by atoms with E-state index in [0.717, 1.165) is 5.92 Å². The van der Waals surface area contributed by atoms with Crippen LogP contribution in [0, 0.1) is 5.92 Å². The van der Waals surface area contributed by atoms with Crippen molar-refractivity contribution in [1.82, 2.24) is 4.90 Å². The lowest BCUT2D eigenvalue weighted by atomic mass is 10.1. The first-order valence-corrected chi connectivity index (χ1v) is 8.43. The molecular weight excluding hydrogens is 218 g/mol. The summed E-state index contributed by atoms with van der Waals surface area (Å²) in [5, 5.41) is 0. The quantitative estimate of drug-likeness (QED) is 0.393. The van der Waals surface area contributed by atoms with Gasteiger partial charge in [-0.3, -0.25) is 0 Å². The molecule has 0 aromatic carbocycles. The van der Waals surface area contributed by atoms with Gasteiger partial charge in [0.05, 0.1) is 0 Å². The molecule has 0 amide bonds. The van der Waals surface area contributed by atoms with E-state index in [9.17, 15) is 0 Å². The van der Waals surface area contributed by atoms with Crippen molar-refractivity contribution < 1.29 is 0 Å². The van der Waals surface area contributed by atoms with Gasteiger partial charge < -0.3 is 4.90 Å². The SMILES string of the molecule is CCCCCCCCCN(CCC)CCC(C)C. The first-order valence-electron chi connectivity index (χ1n) is 8.43. The molecule has 1 nitrogen and oxygen atoms in total. The fourth-order valence-corrected chi connectivity index (χ4v) is 2.38. The van der Waals surface area contributed by atoms with E-state index < -0.39 is 0 Å². The van der Waals surface area contributed by atoms with Crippen LogP contribution in [0.15, 0.2) is 0 Å². The van der Waals surface area contributed by atoms with Crippen molar-refractivity contribution in [1.29, 1.82) is 0 Å². The van der Waals surface area contributed by atoms with Crippen LogP contribution < -0.4 is 0 Å². The van der Waals surface area contributed by atoms with Gasteiger partial charge in [0, 0.05) is 0 Å². The topological polar surface area (TPSA) is 3.24 Å². The standard InChI is InChI=1S/C17H37N/c1-5-7-8-9-10-11-12-15-18(14-6-2)16-13-17(3)4/h17H,5-16H2,1-4H3. The normalized spacial score (nSPS) is 11.7. The van der Waals surface area contributed by atoms with Gasteiger partial charge in [-0.05, 0) is 44.8 Å². The van der Waals surface area contributed by atoms with Crippen molar-refractivity contribution >= 4 is 0 Å². The number of rotatable bonds is 13. The highest BCUT2D eigenvalue weighted by Gasteiger charge is 2.04. The molecular formula is C17H37N. The average Bonchev–Trinajstić information content (AvgIpc) is 2.34. The summed E-state index contributed by atoms with van der Waals surface area (Å²) in [5.74, 6) is 0.846. The first kappa shape index (κ1) is 18.0. The molecule has 0 bridgehead atoms. The molecule has 0 radical (unpaired) electrons. The predicted octanol–water partition coefficient (Wildman–Crippen LogP) is 5.50. The Morgan fingerprint density at radius 3 is 1.83 bits per heavy atom. The van der Waals surface area contributed by atoms with E-state index in [4.69, 9.17) is 0 Å². The van der Waals surface area contributed by atoms with E-state index in [0.29, 0.717) is 0 Å². The molecule has 0 aliphatic heterocycles. The van der Waals surface area contributed by atoms with Crippen molar-refractivity contribution in [2.24, 2.45) is 5.92 Å². The third-order valence-electron chi connectivity index (χ3n) is 3.64. The van der Waals surface area contributed by atoms with E-state index in [2.05, 4.69) is 32.6 Å². The molecule has 0 spiro atoms. The van der Waals surface area contributed by atoms with Gasteiger partial charge in [-0.2, -0.15) is 0 Å². The molecule has 0 aliphatic carbocycles. The molecule has 110 valence electrons. The van der Waals surface area contributed by atoms with Gasteiger partial charge >= 0.3 is 0 Å². The monoisotopic (exact) mass is 255 g/mol. The van der Waals surface area contributed by atoms with Crippen molar-refractivity contribution in [2.45, 2.75) is 85.5 Å². The Morgan fingerprint density at radius 1 is 0.667 bits per heavy atom. The Balaban J connectivity index is 3.45. The van der Waals surface area contributed by atoms with Crippen LogP contribution in [-0.2, 0) is 0 Å². The molecule has 0 N–H and O–H groups in total. The molecule has 0 aromatic heterocycles. The van der Waals surface area contributed by atoms with Crippen LogP contribution >= 0.6 is 0 Å². The Kier molecular flexibility index (Phi) is 13.4. The molecule has 1 heteroatoms. The van der Waals surface area contributed by atoms with Gasteiger partial charge in [0.1, 0.15) is 0 Å². The summed E-state index contributed by atoms with van der Waals surface area (Å²) in [6.45, 7) is 13.2. The second kappa shape index (κ2) is 13.4. The fraction of sp³-hybridized carbons (Fsp3) is 1.00. The summed E-state index contributed by atoms with van der Waals surface area (Å²) < 4.78 is 0. The summed E-state index contributed by atoms with van der Waals surface area (Å²) in [6.07, 6.45) is 12.6. The lowest BCUT2D eigenvalue weighted by Gasteiger charge is -2.22. The van der Waals surface area contributed by atoms with Crippen LogP contribution in [0.5, 0.6) is 0 Å². The van der Waals surface area contributed by atoms with Crippen LogP contribution in [0.2, 0.25) is 0 Å². The zero-order valence-corrected chi connectivity index (χ0v) is 13.5. The third kappa shape index (κ3) is 12.4. The fourth-order valence-electron chi connectivity index (χ4n) is 2.38. The molecule has 0 saturated carbocycles. The van der Waals surface area contributed by atoms with E-state index >= 15 is 0 Å². The van der Waals surface area contributed by atoms with Crippen LogP contribution in [0.25, 0.3) is 0 Å². The molecule has 0 aromatic rings. The minimum absolute atomic E-state index is 0.846. The molecule has 0 fully saturated rings. The summed E-state index contributed by atoms with van der Waals surface area (Å²) in [5.41, 5.74) is 0.